The van der Waals surface area contributed by atoms with Crippen LogP contribution in [-0.2, 0) is 0 Å². The zero-order valence-corrected chi connectivity index (χ0v) is 10.7. The summed E-state index contributed by atoms with van der Waals surface area (Å²) in [5, 5.41) is 7.67. The average Bonchev–Trinajstić information content (AvgIpc) is 2.46. The van der Waals surface area contributed by atoms with Gasteiger partial charge in [-0.2, -0.15) is 0 Å². The lowest BCUT2D eigenvalue weighted by atomic mass is 9.91. The lowest BCUT2D eigenvalue weighted by molar-refractivity contribution is 1.37. The van der Waals surface area contributed by atoms with Crippen molar-refractivity contribution in [1.29, 1.82) is 0 Å². The maximum atomic E-state index is 4.26. The molecular formula is C17H12BN. The predicted molar refractivity (Wildman–Crippen MR) is 84.9 cm³/mol. The summed E-state index contributed by atoms with van der Waals surface area (Å²) in [5.41, 5.74) is 1.30. The summed E-state index contributed by atoms with van der Waals surface area (Å²) >= 11 is 0. The smallest absolute Gasteiger partial charge is 0.139 e. The molecule has 1 aromatic heterocycles. The van der Waals surface area contributed by atoms with E-state index in [-0.39, 0.29) is 0 Å². The molecule has 0 radical (unpaired) electrons. The number of hydrogen-bond donors (Lipinski definition) is 0. The maximum absolute atomic E-state index is 4.26. The molecule has 0 atom stereocenters. The molecule has 4 rings (SSSR count). The molecule has 0 bridgehead atoms. The third-order valence-corrected chi connectivity index (χ3v) is 3.79. The van der Waals surface area contributed by atoms with Crippen LogP contribution < -0.4 is 5.46 Å². The van der Waals surface area contributed by atoms with E-state index in [2.05, 4.69) is 61.4 Å². The van der Waals surface area contributed by atoms with Crippen LogP contribution in [0.25, 0.3) is 32.3 Å². The van der Waals surface area contributed by atoms with Crippen LogP contribution in [0.5, 0.6) is 0 Å². The topological polar surface area (TPSA) is 12.9 Å². The molecule has 0 N–H and O–H groups in total. The summed E-state index contributed by atoms with van der Waals surface area (Å²) in [6, 6.07) is 17.5. The average molecular weight is 241 g/mol. The Morgan fingerprint density at radius 2 is 1.42 bits per heavy atom. The second-order valence-electron chi connectivity index (χ2n) is 5.05. The number of pyridine rings is 1. The van der Waals surface area contributed by atoms with Gasteiger partial charge in [0.05, 0.1) is 0 Å². The molecule has 3 aromatic carbocycles. The van der Waals surface area contributed by atoms with E-state index in [1.54, 1.807) is 0 Å². The first-order valence-corrected chi connectivity index (χ1v) is 6.49. The van der Waals surface area contributed by atoms with Crippen molar-refractivity contribution in [2.45, 2.75) is 0 Å². The Kier molecular flexibility index (Phi) is 2.13. The van der Waals surface area contributed by atoms with Gasteiger partial charge in [0.1, 0.15) is 7.85 Å². The van der Waals surface area contributed by atoms with Crippen LogP contribution in [0.3, 0.4) is 0 Å². The summed E-state index contributed by atoms with van der Waals surface area (Å²) in [7, 11) is 2.13. The molecule has 1 heterocycles. The summed E-state index contributed by atoms with van der Waals surface area (Å²) < 4.78 is 0. The largest absolute Gasteiger partial charge is 0.264 e. The van der Waals surface area contributed by atoms with Crippen LogP contribution >= 0.6 is 0 Å². The minimum absolute atomic E-state index is 1.22. The van der Waals surface area contributed by atoms with Gasteiger partial charge in [-0.15, -0.1) is 0 Å². The highest BCUT2D eigenvalue weighted by Crippen LogP contribution is 2.30. The SMILES string of the molecule is Bc1ccc2c(ccc3c4cnccc4ccc23)c1. The fourth-order valence-electron chi connectivity index (χ4n) is 2.84. The Balaban J connectivity index is 2.26. The number of rotatable bonds is 0. The van der Waals surface area contributed by atoms with E-state index in [1.807, 2.05) is 12.4 Å². The van der Waals surface area contributed by atoms with Crippen LogP contribution in [0.4, 0.5) is 0 Å². The van der Waals surface area contributed by atoms with Crippen LogP contribution in [0.2, 0.25) is 0 Å². The minimum atomic E-state index is 1.22. The third-order valence-electron chi connectivity index (χ3n) is 3.79. The Hall–Kier alpha value is -2.35. The molecule has 2 heteroatoms. The number of aromatic nitrogens is 1. The van der Waals surface area contributed by atoms with Crippen molar-refractivity contribution in [3.05, 3.63) is 60.9 Å². The molecule has 0 aliphatic carbocycles. The van der Waals surface area contributed by atoms with Crippen LogP contribution in [0.15, 0.2) is 60.9 Å². The highest BCUT2D eigenvalue weighted by Gasteiger charge is 2.04. The maximum Gasteiger partial charge on any atom is 0.139 e. The molecule has 19 heavy (non-hydrogen) atoms. The van der Waals surface area contributed by atoms with Gasteiger partial charge < -0.3 is 0 Å². The van der Waals surface area contributed by atoms with Gasteiger partial charge in [0, 0.05) is 17.8 Å². The van der Waals surface area contributed by atoms with E-state index in [0.717, 1.165) is 0 Å². The molecule has 0 unspecified atom stereocenters. The molecule has 0 saturated heterocycles. The van der Waals surface area contributed by atoms with E-state index < -0.39 is 0 Å². The highest BCUT2D eigenvalue weighted by atomic mass is 14.6. The van der Waals surface area contributed by atoms with Crippen molar-refractivity contribution in [3.63, 3.8) is 0 Å². The molecule has 4 aromatic rings. The fraction of sp³-hybridized carbons (Fsp3) is 0. The molecule has 1 nitrogen and oxygen atoms in total. The molecule has 0 spiro atoms. The Labute approximate surface area is 112 Å². The standard InChI is InChI=1S/C17H12BN/c18-13-3-6-14-12(9-13)2-5-16-15(14)4-1-11-7-8-19-10-17(11)16/h1-10H,18H2. The second-order valence-corrected chi connectivity index (χ2v) is 5.05. The second kappa shape index (κ2) is 3.82. The third kappa shape index (κ3) is 1.53. The first kappa shape index (κ1) is 10.6. The van der Waals surface area contributed by atoms with Crippen molar-refractivity contribution >= 4 is 45.6 Å². The Bertz CT molecular complexity index is 928. The van der Waals surface area contributed by atoms with E-state index >= 15 is 0 Å². The molecule has 0 saturated carbocycles. The molecule has 0 amide bonds. The van der Waals surface area contributed by atoms with Crippen molar-refractivity contribution in [3.8, 4) is 0 Å². The summed E-state index contributed by atoms with van der Waals surface area (Å²) in [6.07, 6.45) is 3.80. The molecular weight excluding hydrogens is 229 g/mol. The quantitative estimate of drug-likeness (QED) is 0.341. The van der Waals surface area contributed by atoms with Gasteiger partial charge in [-0.05, 0) is 33.0 Å². The number of hydrogen-bond acceptors (Lipinski definition) is 1. The Morgan fingerprint density at radius 1 is 0.684 bits per heavy atom. The Morgan fingerprint density at radius 3 is 2.32 bits per heavy atom. The van der Waals surface area contributed by atoms with Crippen molar-refractivity contribution in [2.75, 3.05) is 0 Å². The summed E-state index contributed by atoms with van der Waals surface area (Å²) in [5.74, 6) is 0. The zero-order chi connectivity index (χ0) is 12.8. The molecule has 0 aliphatic heterocycles. The zero-order valence-electron chi connectivity index (χ0n) is 10.7. The van der Waals surface area contributed by atoms with Crippen molar-refractivity contribution in [1.82, 2.24) is 4.98 Å². The van der Waals surface area contributed by atoms with Crippen LogP contribution in [0.1, 0.15) is 0 Å². The molecule has 0 aliphatic rings. The van der Waals surface area contributed by atoms with E-state index in [4.69, 9.17) is 0 Å². The predicted octanol–water partition coefficient (Wildman–Crippen LogP) is 2.80. The van der Waals surface area contributed by atoms with Gasteiger partial charge >= 0.3 is 0 Å². The summed E-state index contributed by atoms with van der Waals surface area (Å²) in [6.45, 7) is 0. The van der Waals surface area contributed by atoms with Crippen molar-refractivity contribution < 1.29 is 0 Å². The van der Waals surface area contributed by atoms with Gasteiger partial charge in [-0.3, -0.25) is 4.98 Å². The van der Waals surface area contributed by atoms with Gasteiger partial charge in [0.15, 0.2) is 0 Å². The van der Waals surface area contributed by atoms with E-state index in [1.165, 1.54) is 37.8 Å². The monoisotopic (exact) mass is 241 g/mol. The first-order valence-electron chi connectivity index (χ1n) is 6.49. The van der Waals surface area contributed by atoms with Gasteiger partial charge in [-0.1, -0.05) is 47.9 Å². The summed E-state index contributed by atoms with van der Waals surface area (Å²) in [4.78, 5) is 4.26. The molecule has 0 fully saturated rings. The number of nitrogens with zero attached hydrogens (tertiary/aromatic N) is 1. The van der Waals surface area contributed by atoms with Crippen LogP contribution in [0, 0.1) is 0 Å². The van der Waals surface area contributed by atoms with E-state index in [0.29, 0.717) is 0 Å². The van der Waals surface area contributed by atoms with Crippen molar-refractivity contribution in [2.24, 2.45) is 0 Å². The molecule has 88 valence electrons. The van der Waals surface area contributed by atoms with Gasteiger partial charge in [0.2, 0.25) is 0 Å². The highest BCUT2D eigenvalue weighted by molar-refractivity contribution is 6.33. The lowest BCUT2D eigenvalue weighted by Gasteiger charge is -2.07. The van der Waals surface area contributed by atoms with Gasteiger partial charge in [-0.25, -0.2) is 0 Å². The van der Waals surface area contributed by atoms with Gasteiger partial charge in [0.25, 0.3) is 0 Å². The number of benzene rings is 3. The fourth-order valence-corrected chi connectivity index (χ4v) is 2.84. The minimum Gasteiger partial charge on any atom is -0.264 e. The first-order chi connectivity index (χ1) is 9.33. The lowest BCUT2D eigenvalue weighted by Crippen LogP contribution is -1.99. The van der Waals surface area contributed by atoms with E-state index in [9.17, 15) is 0 Å². The van der Waals surface area contributed by atoms with Crippen LogP contribution in [-0.4, -0.2) is 12.8 Å². The number of fused-ring (bicyclic) bond motifs is 5. The normalized spacial score (nSPS) is 11.4.